The Morgan fingerprint density at radius 1 is 0.514 bits per heavy atom. The number of hydrogen-bond acceptors (Lipinski definition) is 6. The first kappa shape index (κ1) is 23.8. The highest BCUT2D eigenvalue weighted by molar-refractivity contribution is 5.84. The lowest BCUT2D eigenvalue weighted by Gasteiger charge is -2.25. The lowest BCUT2D eigenvalue weighted by atomic mass is 10.1. The van der Waals surface area contributed by atoms with Gasteiger partial charge in [-0.2, -0.15) is 11.0 Å². The Hall–Kier alpha value is -4.91. The van der Waals surface area contributed by atoms with Gasteiger partial charge in [0, 0.05) is 17.1 Å². The van der Waals surface area contributed by atoms with Gasteiger partial charge in [-0.3, -0.25) is 0 Å². The number of nitrogens with two attached hydrogens (primary N) is 1. The minimum absolute atomic E-state index is 0.521. The maximum absolute atomic E-state index is 5.02. The third-order valence-electron chi connectivity index (χ3n) is 5.73. The van der Waals surface area contributed by atoms with Crippen molar-refractivity contribution < 1.29 is 9.88 Å². The van der Waals surface area contributed by atoms with Crippen molar-refractivity contribution in [2.75, 3.05) is 9.91 Å². The van der Waals surface area contributed by atoms with Crippen LogP contribution in [0.5, 0.6) is 5.75 Å². The van der Waals surface area contributed by atoms with Crippen LogP contribution in [-0.4, -0.2) is 6.21 Å². The smallest absolute Gasteiger partial charge is 0.167 e. The average molecular weight is 487 g/mol. The Balaban J connectivity index is 1.44. The predicted molar refractivity (Wildman–Crippen MR) is 150 cm³/mol. The van der Waals surface area contributed by atoms with Crippen LogP contribution in [0.4, 0.5) is 28.4 Å². The van der Waals surface area contributed by atoms with Gasteiger partial charge in [0.25, 0.3) is 0 Å². The zero-order valence-electron chi connectivity index (χ0n) is 20.1. The van der Waals surface area contributed by atoms with Gasteiger partial charge in [0.1, 0.15) is 0 Å². The van der Waals surface area contributed by atoms with Crippen LogP contribution in [0, 0.1) is 0 Å². The summed E-state index contributed by atoms with van der Waals surface area (Å²) in [5.41, 5.74) is 5.98. The highest BCUT2D eigenvalue weighted by Gasteiger charge is 2.13. The Morgan fingerprint density at radius 3 is 1.43 bits per heavy atom. The van der Waals surface area contributed by atoms with E-state index in [0.29, 0.717) is 5.75 Å². The van der Waals surface area contributed by atoms with E-state index in [1.54, 1.807) is 12.1 Å². The van der Waals surface area contributed by atoms with E-state index in [1.165, 1.54) is 0 Å². The lowest BCUT2D eigenvalue weighted by molar-refractivity contribution is -0.211. The van der Waals surface area contributed by atoms with Gasteiger partial charge >= 0.3 is 0 Å². The Labute approximate surface area is 216 Å². The minimum Gasteiger partial charge on any atom is -0.320 e. The van der Waals surface area contributed by atoms with Crippen molar-refractivity contribution in [1.29, 1.82) is 0 Å². The fraction of sp³-hybridized carbons (Fsp3) is 0. The van der Waals surface area contributed by atoms with Crippen LogP contribution in [0.2, 0.25) is 0 Å². The first-order valence-corrected chi connectivity index (χ1v) is 11.8. The van der Waals surface area contributed by atoms with E-state index in [9.17, 15) is 0 Å². The van der Waals surface area contributed by atoms with Crippen molar-refractivity contribution in [2.24, 2.45) is 11.0 Å². The van der Waals surface area contributed by atoms with Crippen molar-refractivity contribution >= 4 is 34.7 Å². The fourth-order valence-electron chi connectivity index (χ4n) is 3.99. The summed E-state index contributed by atoms with van der Waals surface area (Å²) < 4.78 is 0. The second kappa shape index (κ2) is 11.7. The van der Waals surface area contributed by atoms with E-state index in [4.69, 9.17) is 15.9 Å². The van der Waals surface area contributed by atoms with E-state index < -0.39 is 0 Å². The largest absolute Gasteiger partial charge is 0.320 e. The lowest BCUT2D eigenvalue weighted by Crippen LogP contribution is -2.10. The van der Waals surface area contributed by atoms with Gasteiger partial charge in [-0.15, -0.1) is 0 Å². The highest BCUT2D eigenvalue weighted by atomic mass is 17.3. The van der Waals surface area contributed by atoms with E-state index in [0.717, 1.165) is 34.0 Å². The maximum Gasteiger partial charge on any atom is 0.167 e. The number of benzene rings is 5. The van der Waals surface area contributed by atoms with Crippen LogP contribution < -0.4 is 20.7 Å². The molecule has 0 aliphatic heterocycles. The average Bonchev–Trinajstić information content (AvgIpc) is 2.97. The van der Waals surface area contributed by atoms with Crippen molar-refractivity contribution in [3.05, 3.63) is 145 Å². The number of para-hydroxylation sites is 3. The molecule has 5 aromatic rings. The molecule has 6 nitrogen and oxygen atoms in total. The molecule has 0 saturated heterocycles. The molecule has 0 amide bonds. The number of anilines is 5. The quantitative estimate of drug-likeness (QED) is 0.133. The molecule has 182 valence electrons. The third kappa shape index (κ3) is 5.85. The van der Waals surface area contributed by atoms with E-state index in [2.05, 4.69) is 46.3 Å². The van der Waals surface area contributed by atoms with E-state index >= 15 is 0 Å². The van der Waals surface area contributed by atoms with Gasteiger partial charge in [0.2, 0.25) is 0 Å². The molecule has 0 fully saturated rings. The SMILES string of the molecule is NOOc1ccc(N(c2ccccc2)c2ccc(/C=N/N(c3ccccc3)c3ccccc3)cc2)cc1. The fourth-order valence-corrected chi connectivity index (χ4v) is 3.99. The highest BCUT2D eigenvalue weighted by Crippen LogP contribution is 2.35. The zero-order valence-corrected chi connectivity index (χ0v) is 20.1. The number of hydrogen-bond donors (Lipinski definition) is 1. The van der Waals surface area contributed by atoms with E-state index in [1.807, 2.05) is 102 Å². The minimum atomic E-state index is 0.521. The molecule has 0 heterocycles. The number of nitrogens with zero attached hydrogens (tertiary/aromatic N) is 3. The standard InChI is InChI=1S/C31H26N4O2/c32-37-36-31-22-20-28(21-23-31)34(26-10-4-1-5-11-26)27-18-16-25(17-19-27)24-33-35(29-12-6-2-7-13-29)30-14-8-3-9-15-30/h1-24H,32H2/b33-24+. The molecule has 5 aromatic carbocycles. The first-order valence-electron chi connectivity index (χ1n) is 11.8. The van der Waals surface area contributed by atoms with Crippen LogP contribution in [-0.2, 0) is 4.99 Å². The molecular weight excluding hydrogens is 460 g/mol. The molecule has 0 bridgehead atoms. The van der Waals surface area contributed by atoms with Gasteiger partial charge in [0.05, 0.1) is 17.6 Å². The van der Waals surface area contributed by atoms with Gasteiger partial charge in [-0.25, -0.2) is 5.01 Å². The molecular formula is C31H26N4O2. The van der Waals surface area contributed by atoms with Crippen LogP contribution in [0.3, 0.4) is 0 Å². The van der Waals surface area contributed by atoms with Gasteiger partial charge < -0.3 is 9.79 Å². The molecule has 0 aromatic heterocycles. The second-order valence-corrected chi connectivity index (χ2v) is 8.16. The molecule has 0 saturated carbocycles. The zero-order chi connectivity index (χ0) is 25.3. The number of hydrazone groups is 1. The predicted octanol–water partition coefficient (Wildman–Crippen LogP) is 7.51. The monoisotopic (exact) mass is 486 g/mol. The Kier molecular flexibility index (Phi) is 7.52. The van der Waals surface area contributed by atoms with Crippen molar-refractivity contribution in [3.63, 3.8) is 0 Å². The summed E-state index contributed by atoms with van der Waals surface area (Å²) in [6, 6.07) is 46.2. The molecule has 0 unspecified atom stereocenters. The normalized spacial score (nSPS) is 10.8. The summed E-state index contributed by atoms with van der Waals surface area (Å²) in [6.07, 6.45) is 1.87. The summed E-state index contributed by atoms with van der Waals surface area (Å²) in [5, 5.41) is 6.74. The van der Waals surface area contributed by atoms with Crippen LogP contribution in [0.25, 0.3) is 0 Å². The summed E-state index contributed by atoms with van der Waals surface area (Å²) >= 11 is 0. The third-order valence-corrected chi connectivity index (χ3v) is 5.73. The molecule has 0 radical (unpaired) electrons. The summed E-state index contributed by atoms with van der Waals surface area (Å²) in [5.74, 6) is 5.54. The van der Waals surface area contributed by atoms with Crippen LogP contribution in [0.15, 0.2) is 145 Å². The molecule has 0 spiro atoms. The van der Waals surface area contributed by atoms with Crippen LogP contribution in [0.1, 0.15) is 5.56 Å². The molecule has 6 heteroatoms. The van der Waals surface area contributed by atoms with Gasteiger partial charge in [-0.1, -0.05) is 71.7 Å². The maximum atomic E-state index is 5.02. The topological polar surface area (TPSA) is 63.3 Å². The number of rotatable bonds is 9. The van der Waals surface area contributed by atoms with Crippen molar-refractivity contribution in [1.82, 2.24) is 0 Å². The van der Waals surface area contributed by atoms with E-state index in [-0.39, 0.29) is 0 Å². The molecule has 37 heavy (non-hydrogen) atoms. The summed E-state index contributed by atoms with van der Waals surface area (Å²) in [7, 11) is 0. The first-order chi connectivity index (χ1) is 18.3. The summed E-state index contributed by atoms with van der Waals surface area (Å²) in [6.45, 7) is 0. The Morgan fingerprint density at radius 2 is 0.946 bits per heavy atom. The summed E-state index contributed by atoms with van der Waals surface area (Å²) in [4.78, 5) is 11.4. The van der Waals surface area contributed by atoms with Crippen molar-refractivity contribution in [3.8, 4) is 5.75 Å². The molecule has 2 N–H and O–H groups in total. The molecule has 0 aliphatic carbocycles. The van der Waals surface area contributed by atoms with Crippen molar-refractivity contribution in [2.45, 2.75) is 0 Å². The second-order valence-electron chi connectivity index (χ2n) is 8.16. The van der Waals surface area contributed by atoms with Gasteiger partial charge in [0.15, 0.2) is 5.75 Å². The molecule has 5 rings (SSSR count). The Bertz CT molecular complexity index is 1370. The molecule has 0 atom stereocenters. The van der Waals surface area contributed by atoms with Crippen LogP contribution >= 0.6 is 0 Å². The van der Waals surface area contributed by atoms with Gasteiger partial charge in [-0.05, 0) is 78.4 Å². The molecule has 0 aliphatic rings.